The minimum absolute atomic E-state index is 1.01. The lowest BCUT2D eigenvalue weighted by atomic mass is 10.4. The Hall–Kier alpha value is -0.990. The predicted octanol–water partition coefficient (Wildman–Crippen LogP) is 1.42. The number of hydrogen-bond acceptors (Lipinski definition) is 2. The van der Waals surface area contributed by atoms with E-state index in [1.807, 2.05) is 11.0 Å². The number of aryl methyl sites for hydroxylation is 1. The van der Waals surface area contributed by atoms with Gasteiger partial charge in [0.25, 0.3) is 0 Å². The summed E-state index contributed by atoms with van der Waals surface area (Å²) in [7, 11) is 2.05. The van der Waals surface area contributed by atoms with Crippen LogP contribution in [0.15, 0.2) is 12.3 Å². The molecule has 3 nitrogen and oxygen atoms in total. The highest BCUT2D eigenvalue weighted by atomic mass is 15.6. The fourth-order valence-corrected chi connectivity index (χ4v) is 1.16. The maximum Gasteiger partial charge on any atom is 0.0642 e. The molecule has 0 radical (unpaired) electrons. The van der Waals surface area contributed by atoms with Crippen molar-refractivity contribution in [2.24, 2.45) is 0 Å². The zero-order valence-electron chi connectivity index (χ0n) is 8.12. The van der Waals surface area contributed by atoms with Crippen molar-refractivity contribution in [2.75, 3.05) is 18.6 Å². The monoisotopic (exact) mass is 167 g/mol. The Kier molecular flexibility index (Phi) is 3.14. The molecular formula is C9H17N3. The van der Waals surface area contributed by atoms with Crippen molar-refractivity contribution in [3.05, 3.63) is 18.0 Å². The summed E-state index contributed by atoms with van der Waals surface area (Å²) in [5.41, 5.74) is 1.15. The molecule has 3 heteroatoms. The highest BCUT2D eigenvalue weighted by Gasteiger charge is 1.99. The lowest BCUT2D eigenvalue weighted by molar-refractivity contribution is 0.569. The summed E-state index contributed by atoms with van der Waals surface area (Å²) in [6, 6.07) is 2.06. The van der Waals surface area contributed by atoms with Crippen molar-refractivity contribution < 1.29 is 0 Å². The van der Waals surface area contributed by atoms with Crippen LogP contribution in [0.3, 0.4) is 0 Å². The molecule has 12 heavy (non-hydrogen) atoms. The first kappa shape index (κ1) is 9.10. The molecule has 0 unspecified atom stereocenters. The maximum absolute atomic E-state index is 4.39. The van der Waals surface area contributed by atoms with Gasteiger partial charge in [-0.2, -0.15) is 9.89 Å². The SMILES string of the molecule is CCCN(C)n1ccc(CC)n1. The molecule has 1 heterocycles. The first-order valence-electron chi connectivity index (χ1n) is 4.54. The van der Waals surface area contributed by atoms with E-state index in [-0.39, 0.29) is 0 Å². The third-order valence-electron chi connectivity index (χ3n) is 1.89. The van der Waals surface area contributed by atoms with Crippen molar-refractivity contribution >= 4 is 0 Å². The summed E-state index contributed by atoms with van der Waals surface area (Å²) < 4.78 is 0. The lowest BCUT2D eigenvalue weighted by Crippen LogP contribution is -2.31. The second kappa shape index (κ2) is 4.14. The lowest BCUT2D eigenvalue weighted by Gasteiger charge is -2.17. The normalized spacial score (nSPS) is 10.2. The van der Waals surface area contributed by atoms with Crippen molar-refractivity contribution in [3.63, 3.8) is 0 Å². The average molecular weight is 167 g/mol. The van der Waals surface area contributed by atoms with Crippen molar-refractivity contribution in [1.82, 2.24) is 9.89 Å². The minimum atomic E-state index is 1.01. The van der Waals surface area contributed by atoms with E-state index in [0.717, 1.165) is 25.1 Å². The van der Waals surface area contributed by atoms with E-state index in [9.17, 15) is 0 Å². The van der Waals surface area contributed by atoms with Crippen LogP contribution < -0.4 is 5.01 Å². The number of nitrogens with zero attached hydrogens (tertiary/aromatic N) is 3. The van der Waals surface area contributed by atoms with Gasteiger partial charge >= 0.3 is 0 Å². The molecule has 0 spiro atoms. The number of aromatic nitrogens is 2. The summed E-state index contributed by atoms with van der Waals surface area (Å²) in [5, 5.41) is 6.50. The topological polar surface area (TPSA) is 21.1 Å². The summed E-state index contributed by atoms with van der Waals surface area (Å²) in [6.45, 7) is 5.33. The Balaban J connectivity index is 2.61. The molecule has 0 amide bonds. The Morgan fingerprint density at radius 1 is 1.50 bits per heavy atom. The molecule has 0 aliphatic heterocycles. The van der Waals surface area contributed by atoms with Gasteiger partial charge in [0.05, 0.1) is 5.69 Å². The van der Waals surface area contributed by atoms with Gasteiger partial charge < -0.3 is 5.01 Å². The van der Waals surface area contributed by atoms with Crippen LogP contribution in [0.4, 0.5) is 0 Å². The van der Waals surface area contributed by atoms with Gasteiger partial charge in [-0.3, -0.25) is 0 Å². The molecule has 0 aliphatic carbocycles. The highest BCUT2D eigenvalue weighted by Crippen LogP contribution is 1.96. The molecule has 0 atom stereocenters. The molecule has 68 valence electrons. The van der Waals surface area contributed by atoms with E-state index < -0.39 is 0 Å². The fraction of sp³-hybridized carbons (Fsp3) is 0.667. The molecule has 0 fully saturated rings. The van der Waals surface area contributed by atoms with E-state index in [1.165, 1.54) is 0 Å². The molecule has 1 rings (SSSR count). The van der Waals surface area contributed by atoms with Gasteiger partial charge in [-0.05, 0) is 18.9 Å². The van der Waals surface area contributed by atoms with E-state index >= 15 is 0 Å². The van der Waals surface area contributed by atoms with E-state index in [4.69, 9.17) is 0 Å². The third-order valence-corrected chi connectivity index (χ3v) is 1.89. The second-order valence-corrected chi connectivity index (χ2v) is 2.96. The first-order valence-corrected chi connectivity index (χ1v) is 4.54. The van der Waals surface area contributed by atoms with Gasteiger partial charge in [-0.15, -0.1) is 0 Å². The molecular weight excluding hydrogens is 150 g/mol. The smallest absolute Gasteiger partial charge is 0.0642 e. The molecule has 0 bridgehead atoms. The summed E-state index contributed by atoms with van der Waals surface area (Å²) in [5.74, 6) is 0. The first-order chi connectivity index (χ1) is 5.77. The van der Waals surface area contributed by atoms with Gasteiger partial charge in [0.2, 0.25) is 0 Å². The molecule has 0 aliphatic rings. The molecule has 1 aromatic rings. The van der Waals surface area contributed by atoms with Crippen molar-refractivity contribution in [2.45, 2.75) is 26.7 Å². The van der Waals surface area contributed by atoms with Crippen LogP contribution in [-0.4, -0.2) is 23.5 Å². The minimum Gasteiger partial charge on any atom is -0.300 e. The van der Waals surface area contributed by atoms with Gasteiger partial charge in [0.1, 0.15) is 0 Å². The van der Waals surface area contributed by atoms with Crippen LogP contribution in [0.5, 0.6) is 0 Å². The number of rotatable bonds is 4. The van der Waals surface area contributed by atoms with Crippen LogP contribution in [-0.2, 0) is 6.42 Å². The van der Waals surface area contributed by atoms with Crippen LogP contribution in [0, 0.1) is 0 Å². The standard InChI is InChI=1S/C9H17N3/c1-4-7-11(3)12-8-6-9(5-2)10-12/h6,8H,4-5,7H2,1-3H3. The van der Waals surface area contributed by atoms with Gasteiger partial charge in [0, 0.05) is 19.8 Å². The fourth-order valence-electron chi connectivity index (χ4n) is 1.16. The van der Waals surface area contributed by atoms with Crippen LogP contribution >= 0.6 is 0 Å². The Bertz CT molecular complexity index is 229. The zero-order valence-corrected chi connectivity index (χ0v) is 8.12. The van der Waals surface area contributed by atoms with E-state index in [1.54, 1.807) is 0 Å². The van der Waals surface area contributed by atoms with Gasteiger partial charge in [-0.25, -0.2) is 0 Å². The van der Waals surface area contributed by atoms with Gasteiger partial charge in [0.15, 0.2) is 0 Å². The van der Waals surface area contributed by atoms with Crippen LogP contribution in [0.2, 0.25) is 0 Å². The second-order valence-electron chi connectivity index (χ2n) is 2.96. The quantitative estimate of drug-likeness (QED) is 0.676. The van der Waals surface area contributed by atoms with E-state index in [0.29, 0.717) is 0 Å². The summed E-state index contributed by atoms with van der Waals surface area (Å²) in [4.78, 5) is 1.91. The Morgan fingerprint density at radius 2 is 2.25 bits per heavy atom. The van der Waals surface area contributed by atoms with E-state index in [2.05, 4.69) is 37.1 Å². The Morgan fingerprint density at radius 3 is 2.75 bits per heavy atom. The Labute approximate surface area is 74.0 Å². The van der Waals surface area contributed by atoms with Gasteiger partial charge in [-0.1, -0.05) is 13.8 Å². The zero-order chi connectivity index (χ0) is 8.97. The third kappa shape index (κ3) is 2.00. The molecule has 0 aromatic carbocycles. The molecule has 0 N–H and O–H groups in total. The predicted molar refractivity (Wildman–Crippen MR) is 50.9 cm³/mol. The molecule has 0 saturated carbocycles. The van der Waals surface area contributed by atoms with Crippen LogP contribution in [0.25, 0.3) is 0 Å². The molecule has 1 aromatic heterocycles. The van der Waals surface area contributed by atoms with Crippen molar-refractivity contribution in [3.8, 4) is 0 Å². The largest absolute Gasteiger partial charge is 0.300 e. The number of hydrogen-bond donors (Lipinski definition) is 0. The summed E-state index contributed by atoms with van der Waals surface area (Å²) >= 11 is 0. The highest BCUT2D eigenvalue weighted by molar-refractivity contribution is 5.00. The van der Waals surface area contributed by atoms with Crippen molar-refractivity contribution in [1.29, 1.82) is 0 Å². The van der Waals surface area contributed by atoms with Crippen LogP contribution in [0.1, 0.15) is 26.0 Å². The maximum atomic E-state index is 4.39. The molecule has 0 saturated heterocycles. The summed E-state index contributed by atoms with van der Waals surface area (Å²) in [6.07, 6.45) is 4.17. The average Bonchev–Trinajstić information content (AvgIpc) is 2.52.